The van der Waals surface area contributed by atoms with Crippen molar-refractivity contribution in [3.05, 3.63) is 29.8 Å². The Bertz CT molecular complexity index is 628. The number of carbonyl (C=O) groups is 1. The number of benzene rings is 1. The molecule has 0 saturated carbocycles. The summed E-state index contributed by atoms with van der Waals surface area (Å²) in [4.78, 5) is 12.1. The van der Waals surface area contributed by atoms with Crippen molar-refractivity contribution in [1.82, 2.24) is 4.31 Å². The molecule has 1 atom stereocenters. The molecule has 1 aromatic rings. The summed E-state index contributed by atoms with van der Waals surface area (Å²) in [7, 11) is -3.96. The Balaban J connectivity index is 2.41. The Morgan fingerprint density at radius 3 is 2.30 bits per heavy atom. The van der Waals surface area contributed by atoms with Crippen LogP contribution in [0.3, 0.4) is 0 Å². The molecule has 0 radical (unpaired) electrons. The molecule has 8 heteroatoms. The molecule has 0 aromatic heterocycles. The van der Waals surface area contributed by atoms with Crippen LogP contribution in [0.4, 0.5) is 0 Å². The van der Waals surface area contributed by atoms with Crippen molar-refractivity contribution in [3.8, 4) is 0 Å². The molecule has 1 unspecified atom stereocenters. The highest BCUT2D eigenvalue weighted by Crippen LogP contribution is 2.41. The van der Waals surface area contributed by atoms with Crippen molar-refractivity contribution in [2.75, 3.05) is 12.4 Å². The lowest BCUT2D eigenvalue weighted by molar-refractivity contribution is -0.124. The normalized spacial score (nSPS) is 22.3. The summed E-state index contributed by atoms with van der Waals surface area (Å²) in [6, 6.07) is 6.19. The molecule has 1 amide bonds. The molecular weight excluding hydrogens is 345 g/mol. The molecule has 20 heavy (non-hydrogen) atoms. The van der Waals surface area contributed by atoms with Gasteiger partial charge in [-0.1, -0.05) is 40.9 Å². The number of hydrogen-bond acceptors (Lipinski definition) is 3. The first-order valence-corrected chi connectivity index (χ1v) is 8.52. The molecular formula is C12H12Cl3NO3S. The number of halogens is 3. The third-order valence-corrected chi connectivity index (χ3v) is 6.28. The second-order valence-corrected chi connectivity index (χ2v) is 8.19. The molecule has 1 saturated heterocycles. The summed E-state index contributed by atoms with van der Waals surface area (Å²) in [6.45, 7) is 1.72. The molecule has 1 heterocycles. The van der Waals surface area contributed by atoms with Gasteiger partial charge in [0.2, 0.25) is 4.33 Å². The fourth-order valence-corrected chi connectivity index (χ4v) is 4.49. The van der Waals surface area contributed by atoms with Crippen LogP contribution < -0.4 is 0 Å². The zero-order chi connectivity index (χ0) is 15.1. The van der Waals surface area contributed by atoms with E-state index in [1.54, 1.807) is 12.1 Å². The average molecular weight is 357 g/mol. The van der Waals surface area contributed by atoms with Gasteiger partial charge in [-0.15, -0.1) is 11.6 Å². The SMILES string of the molecule is Cc1ccc(S(=O)(=O)N2CC(CCl)C(Cl)(Cl)C2=O)cc1. The van der Waals surface area contributed by atoms with E-state index >= 15 is 0 Å². The third-order valence-electron chi connectivity index (χ3n) is 3.21. The molecule has 0 bridgehead atoms. The van der Waals surface area contributed by atoms with Crippen LogP contribution in [0.25, 0.3) is 0 Å². The molecule has 0 aliphatic carbocycles. The van der Waals surface area contributed by atoms with Crippen molar-refractivity contribution in [2.24, 2.45) is 5.92 Å². The quantitative estimate of drug-likeness (QED) is 0.782. The highest BCUT2D eigenvalue weighted by atomic mass is 35.5. The first kappa shape index (κ1) is 15.9. The molecule has 1 fully saturated rings. The lowest BCUT2D eigenvalue weighted by Gasteiger charge is -2.17. The van der Waals surface area contributed by atoms with Gasteiger partial charge in [-0.3, -0.25) is 4.79 Å². The summed E-state index contributed by atoms with van der Waals surface area (Å²) in [6.07, 6.45) is 0. The number of carbonyl (C=O) groups excluding carboxylic acids is 1. The van der Waals surface area contributed by atoms with Crippen molar-refractivity contribution in [1.29, 1.82) is 0 Å². The summed E-state index contributed by atoms with van der Waals surface area (Å²) >= 11 is 17.5. The smallest absolute Gasteiger partial charge is 0.270 e. The summed E-state index contributed by atoms with van der Waals surface area (Å²) in [5.41, 5.74) is 0.916. The first-order chi connectivity index (χ1) is 9.21. The molecule has 1 aliphatic heterocycles. The number of hydrogen-bond donors (Lipinski definition) is 0. The van der Waals surface area contributed by atoms with Crippen LogP contribution in [0.1, 0.15) is 5.56 Å². The van der Waals surface area contributed by atoms with Gasteiger partial charge in [0, 0.05) is 18.3 Å². The minimum atomic E-state index is -3.96. The molecule has 0 N–H and O–H groups in total. The number of sulfonamides is 1. The van der Waals surface area contributed by atoms with Crippen LogP contribution in [-0.2, 0) is 14.8 Å². The fourth-order valence-electron chi connectivity index (χ4n) is 1.93. The molecule has 110 valence electrons. The number of aryl methyl sites for hydroxylation is 1. The largest absolute Gasteiger partial charge is 0.273 e. The van der Waals surface area contributed by atoms with Crippen LogP contribution in [0.5, 0.6) is 0 Å². The maximum Gasteiger partial charge on any atom is 0.273 e. The number of nitrogens with zero attached hydrogens (tertiary/aromatic N) is 1. The molecule has 2 rings (SSSR count). The van der Waals surface area contributed by atoms with Crippen molar-refractivity contribution < 1.29 is 13.2 Å². The molecule has 1 aromatic carbocycles. The second-order valence-electron chi connectivity index (χ2n) is 4.63. The van der Waals surface area contributed by atoms with Crippen molar-refractivity contribution in [3.63, 3.8) is 0 Å². The van der Waals surface area contributed by atoms with E-state index in [1.807, 2.05) is 6.92 Å². The minimum Gasteiger partial charge on any atom is -0.270 e. The zero-order valence-corrected chi connectivity index (χ0v) is 13.6. The van der Waals surface area contributed by atoms with Gasteiger partial charge in [-0.2, -0.15) is 0 Å². The van der Waals surface area contributed by atoms with Gasteiger partial charge in [0.15, 0.2) is 0 Å². The van der Waals surface area contributed by atoms with E-state index in [1.165, 1.54) is 12.1 Å². The predicted octanol–water partition coefficient (Wildman–Crippen LogP) is 2.55. The Hall–Kier alpha value is -0.490. The van der Waals surface area contributed by atoms with Crippen LogP contribution in [-0.4, -0.2) is 35.4 Å². The Morgan fingerprint density at radius 1 is 1.30 bits per heavy atom. The highest BCUT2D eigenvalue weighted by molar-refractivity contribution is 7.89. The van der Waals surface area contributed by atoms with Crippen LogP contribution in [0.2, 0.25) is 0 Å². The van der Waals surface area contributed by atoms with Crippen LogP contribution >= 0.6 is 34.8 Å². The minimum absolute atomic E-state index is 0.00133. The van der Waals surface area contributed by atoms with E-state index in [0.29, 0.717) is 4.31 Å². The summed E-state index contributed by atoms with van der Waals surface area (Å²) < 4.78 is 23.8. The standard InChI is InChI=1S/C12H12Cl3NO3S/c1-8-2-4-10(5-3-8)20(18,19)16-7-9(6-13)12(14,15)11(16)17/h2-5,9H,6-7H2,1H3. The Kier molecular flexibility index (Phi) is 4.27. The van der Waals surface area contributed by atoms with E-state index < -0.39 is 26.2 Å². The molecule has 0 spiro atoms. The van der Waals surface area contributed by atoms with Gasteiger partial charge in [0.25, 0.3) is 15.9 Å². The molecule has 4 nitrogen and oxygen atoms in total. The van der Waals surface area contributed by atoms with E-state index in [-0.39, 0.29) is 17.3 Å². The maximum atomic E-state index is 12.5. The second kappa shape index (κ2) is 5.37. The predicted molar refractivity (Wildman–Crippen MR) is 78.7 cm³/mol. The van der Waals surface area contributed by atoms with E-state index in [2.05, 4.69) is 0 Å². The fraction of sp³-hybridized carbons (Fsp3) is 0.417. The van der Waals surface area contributed by atoms with E-state index in [0.717, 1.165) is 5.56 Å². The van der Waals surface area contributed by atoms with E-state index in [4.69, 9.17) is 34.8 Å². The monoisotopic (exact) mass is 355 g/mol. The van der Waals surface area contributed by atoms with Gasteiger partial charge in [-0.05, 0) is 19.1 Å². The molecule has 1 aliphatic rings. The van der Waals surface area contributed by atoms with Gasteiger partial charge in [-0.25, -0.2) is 12.7 Å². The average Bonchev–Trinajstić information content (AvgIpc) is 2.61. The first-order valence-electron chi connectivity index (χ1n) is 5.79. The number of amides is 1. The van der Waals surface area contributed by atoms with Gasteiger partial charge < -0.3 is 0 Å². The van der Waals surface area contributed by atoms with Gasteiger partial charge in [0.1, 0.15) is 0 Å². The number of rotatable bonds is 3. The lowest BCUT2D eigenvalue weighted by atomic mass is 10.1. The third kappa shape index (κ3) is 2.52. The summed E-state index contributed by atoms with van der Waals surface area (Å²) in [5, 5.41) is 0. The highest BCUT2D eigenvalue weighted by Gasteiger charge is 2.55. The van der Waals surface area contributed by atoms with Crippen molar-refractivity contribution >= 4 is 50.7 Å². The lowest BCUT2D eigenvalue weighted by Crippen LogP contribution is -2.37. The van der Waals surface area contributed by atoms with Gasteiger partial charge in [0.05, 0.1) is 4.90 Å². The van der Waals surface area contributed by atoms with Crippen molar-refractivity contribution in [2.45, 2.75) is 16.2 Å². The summed E-state index contributed by atoms with van der Waals surface area (Å²) in [5.74, 6) is -1.49. The van der Waals surface area contributed by atoms with Crippen LogP contribution in [0, 0.1) is 12.8 Å². The Labute approximate surface area is 132 Å². The maximum absolute atomic E-state index is 12.5. The Morgan fingerprint density at radius 2 is 1.85 bits per heavy atom. The van der Waals surface area contributed by atoms with Gasteiger partial charge >= 0.3 is 0 Å². The zero-order valence-electron chi connectivity index (χ0n) is 10.5. The topological polar surface area (TPSA) is 54.5 Å². The van der Waals surface area contributed by atoms with E-state index in [9.17, 15) is 13.2 Å². The van der Waals surface area contributed by atoms with Crippen LogP contribution in [0.15, 0.2) is 29.2 Å². The number of alkyl halides is 3.